The maximum atomic E-state index is 11.3. The molecule has 2 rings (SSSR count). The molecule has 0 saturated carbocycles. The number of nitrogens with zero attached hydrogens (tertiary/aromatic N) is 1. The number of esters is 1. The highest BCUT2D eigenvalue weighted by atomic mass is 16.6. The number of ether oxygens (including phenoxy) is 1. The first kappa shape index (κ1) is 9.45. The largest absolute Gasteiger partial charge is 0.417 e. The van der Waals surface area contributed by atoms with E-state index >= 15 is 0 Å². The summed E-state index contributed by atoms with van der Waals surface area (Å²) in [7, 11) is 0. The minimum atomic E-state index is -0.491. The van der Waals surface area contributed by atoms with Crippen LogP contribution in [-0.4, -0.2) is 43.1 Å². The lowest BCUT2D eigenvalue weighted by molar-refractivity contribution is -0.140. The fourth-order valence-electron chi connectivity index (χ4n) is 1.83. The molecule has 0 aromatic rings. The predicted molar refractivity (Wildman–Crippen MR) is 48.7 cm³/mol. The summed E-state index contributed by atoms with van der Waals surface area (Å²) < 4.78 is 4.59. The average Bonchev–Trinajstić information content (AvgIpc) is 1.98. The fourth-order valence-corrected chi connectivity index (χ4v) is 1.83. The van der Waals surface area contributed by atoms with E-state index in [1.54, 1.807) is 11.8 Å². The lowest BCUT2D eigenvalue weighted by Crippen LogP contribution is -2.72. The molecule has 2 aliphatic heterocycles. The molecule has 1 spiro atoms. The van der Waals surface area contributed by atoms with Crippen molar-refractivity contribution in [1.29, 1.82) is 0 Å². The molecule has 78 valence electrons. The van der Waals surface area contributed by atoms with Gasteiger partial charge in [0.25, 0.3) is 0 Å². The summed E-state index contributed by atoms with van der Waals surface area (Å²) >= 11 is 0. The van der Waals surface area contributed by atoms with Crippen molar-refractivity contribution in [2.45, 2.75) is 13.3 Å². The van der Waals surface area contributed by atoms with Gasteiger partial charge in [0.2, 0.25) is 0 Å². The van der Waals surface area contributed by atoms with Crippen molar-refractivity contribution >= 4 is 12.1 Å². The Labute approximate surface area is 82.4 Å². The van der Waals surface area contributed by atoms with Gasteiger partial charge in [-0.3, -0.25) is 4.79 Å². The molecule has 0 radical (unpaired) electrons. The average molecular weight is 198 g/mol. The van der Waals surface area contributed by atoms with Crippen LogP contribution in [0.5, 0.6) is 0 Å². The van der Waals surface area contributed by atoms with Gasteiger partial charge in [-0.2, -0.15) is 0 Å². The zero-order chi connectivity index (χ0) is 10.2. The lowest BCUT2D eigenvalue weighted by Gasteiger charge is -2.55. The van der Waals surface area contributed by atoms with E-state index in [4.69, 9.17) is 0 Å². The molecule has 1 amide bonds. The van der Waals surface area contributed by atoms with Crippen LogP contribution in [0.1, 0.15) is 13.3 Å². The van der Waals surface area contributed by atoms with Crippen molar-refractivity contribution < 1.29 is 14.3 Å². The Bertz CT molecular complexity index is 265. The maximum Gasteiger partial charge on any atom is 0.417 e. The van der Waals surface area contributed by atoms with Gasteiger partial charge in [-0.05, 0) is 0 Å². The number of likely N-dealkylation sites (tertiary alicyclic amines) is 1. The number of carbonyl (C=O) groups is 2. The van der Waals surface area contributed by atoms with Crippen LogP contribution in [0, 0.1) is 5.41 Å². The zero-order valence-corrected chi connectivity index (χ0v) is 8.21. The van der Waals surface area contributed by atoms with Crippen molar-refractivity contribution in [3.8, 4) is 0 Å². The second-order valence-electron chi connectivity index (χ2n) is 4.05. The van der Waals surface area contributed by atoms with Crippen LogP contribution in [0.2, 0.25) is 0 Å². The minimum absolute atomic E-state index is 0.242. The Balaban J connectivity index is 1.76. The molecule has 0 aliphatic carbocycles. The zero-order valence-electron chi connectivity index (χ0n) is 8.21. The normalized spacial score (nSPS) is 22.5. The molecule has 0 aromatic heterocycles. The number of amides is 1. The number of nitrogens with one attached hydrogen (secondary N) is 1. The molecule has 5 heteroatoms. The molecule has 5 nitrogen and oxygen atoms in total. The van der Waals surface area contributed by atoms with Gasteiger partial charge < -0.3 is 15.0 Å². The number of hydrogen-bond acceptors (Lipinski definition) is 4. The van der Waals surface area contributed by atoms with Gasteiger partial charge in [-0.15, -0.1) is 0 Å². The Morgan fingerprint density at radius 3 is 2.50 bits per heavy atom. The third kappa shape index (κ3) is 1.48. The number of hydrogen-bond donors (Lipinski definition) is 1. The predicted octanol–water partition coefficient (Wildman–Crippen LogP) is -0.0352. The molecule has 0 bridgehead atoms. The third-order valence-electron chi connectivity index (χ3n) is 2.80. The van der Waals surface area contributed by atoms with E-state index in [1.807, 2.05) is 0 Å². The highest BCUT2D eigenvalue weighted by Gasteiger charge is 2.50. The van der Waals surface area contributed by atoms with Crippen molar-refractivity contribution in [3.05, 3.63) is 0 Å². The Morgan fingerprint density at radius 2 is 2.07 bits per heavy atom. The monoisotopic (exact) mass is 198 g/mol. The van der Waals surface area contributed by atoms with E-state index in [1.165, 1.54) is 0 Å². The molecule has 2 aliphatic rings. The minimum Gasteiger partial charge on any atom is -0.376 e. The van der Waals surface area contributed by atoms with Gasteiger partial charge in [0, 0.05) is 38.0 Å². The highest BCUT2D eigenvalue weighted by Crippen LogP contribution is 2.34. The first-order chi connectivity index (χ1) is 6.65. The van der Waals surface area contributed by atoms with Gasteiger partial charge in [0.05, 0.1) is 0 Å². The van der Waals surface area contributed by atoms with E-state index in [9.17, 15) is 9.59 Å². The molecule has 1 N–H and O–H groups in total. The van der Waals surface area contributed by atoms with E-state index in [-0.39, 0.29) is 11.8 Å². The van der Waals surface area contributed by atoms with E-state index in [2.05, 4.69) is 10.1 Å². The van der Waals surface area contributed by atoms with Gasteiger partial charge in [-0.25, -0.2) is 4.79 Å². The molecule has 2 saturated heterocycles. The van der Waals surface area contributed by atoms with Gasteiger partial charge >= 0.3 is 12.1 Å². The van der Waals surface area contributed by atoms with E-state index < -0.39 is 12.1 Å². The van der Waals surface area contributed by atoms with Crippen molar-refractivity contribution in [2.24, 2.45) is 5.41 Å². The Kier molecular flexibility index (Phi) is 2.19. The number of carbonyl (C=O) groups excluding carboxylic acids is 2. The molecule has 14 heavy (non-hydrogen) atoms. The Hall–Kier alpha value is -1.10. The lowest BCUT2D eigenvalue weighted by atomic mass is 9.75. The first-order valence-electron chi connectivity index (χ1n) is 4.85. The van der Waals surface area contributed by atoms with Crippen LogP contribution in [0.25, 0.3) is 0 Å². The van der Waals surface area contributed by atoms with Crippen LogP contribution in [0.15, 0.2) is 0 Å². The SMILES string of the molecule is CCC(=O)OC(=O)N1CC2(CNC2)C1. The van der Waals surface area contributed by atoms with Crippen molar-refractivity contribution in [1.82, 2.24) is 10.2 Å². The van der Waals surface area contributed by atoms with Gasteiger partial charge in [0.15, 0.2) is 0 Å². The number of rotatable bonds is 1. The summed E-state index contributed by atoms with van der Waals surface area (Å²) in [6.45, 7) is 5.05. The summed E-state index contributed by atoms with van der Waals surface area (Å²) in [5, 5.41) is 3.17. The molecule has 0 aromatic carbocycles. The second kappa shape index (κ2) is 3.24. The fraction of sp³-hybridized carbons (Fsp3) is 0.778. The molecule has 0 unspecified atom stereocenters. The molecular weight excluding hydrogens is 184 g/mol. The quantitative estimate of drug-likeness (QED) is 0.474. The third-order valence-corrected chi connectivity index (χ3v) is 2.80. The van der Waals surface area contributed by atoms with E-state index in [0.717, 1.165) is 26.2 Å². The van der Waals surface area contributed by atoms with Crippen LogP contribution < -0.4 is 5.32 Å². The molecule has 0 atom stereocenters. The topological polar surface area (TPSA) is 58.6 Å². The smallest absolute Gasteiger partial charge is 0.376 e. The van der Waals surface area contributed by atoms with Crippen LogP contribution in [-0.2, 0) is 9.53 Å². The summed E-state index contributed by atoms with van der Waals surface area (Å²) in [5.41, 5.74) is 0.286. The van der Waals surface area contributed by atoms with Crippen LogP contribution in [0.4, 0.5) is 4.79 Å². The summed E-state index contributed by atoms with van der Waals surface area (Å²) in [6.07, 6.45) is -0.249. The first-order valence-corrected chi connectivity index (χ1v) is 4.85. The molecular formula is C9H14N2O3. The summed E-state index contributed by atoms with van der Waals surface area (Å²) in [6, 6.07) is 0. The van der Waals surface area contributed by atoms with Crippen LogP contribution >= 0.6 is 0 Å². The Morgan fingerprint density at radius 1 is 1.43 bits per heavy atom. The van der Waals surface area contributed by atoms with Gasteiger partial charge in [-0.1, -0.05) is 6.92 Å². The van der Waals surface area contributed by atoms with Gasteiger partial charge in [0.1, 0.15) is 0 Å². The molecule has 2 fully saturated rings. The maximum absolute atomic E-state index is 11.3. The van der Waals surface area contributed by atoms with E-state index in [0.29, 0.717) is 0 Å². The summed E-state index contributed by atoms with van der Waals surface area (Å²) in [4.78, 5) is 23.7. The summed E-state index contributed by atoms with van der Waals surface area (Å²) in [5.74, 6) is -0.456. The highest BCUT2D eigenvalue weighted by molar-refractivity contribution is 5.84. The second-order valence-corrected chi connectivity index (χ2v) is 4.05. The van der Waals surface area contributed by atoms with Crippen LogP contribution in [0.3, 0.4) is 0 Å². The van der Waals surface area contributed by atoms with Crippen molar-refractivity contribution in [3.63, 3.8) is 0 Å². The van der Waals surface area contributed by atoms with Crippen molar-refractivity contribution in [2.75, 3.05) is 26.2 Å². The molecule has 2 heterocycles. The standard InChI is InChI=1S/C9H14N2O3/c1-2-7(12)14-8(13)11-5-9(6-11)3-10-4-9/h10H,2-6H2,1H3.